The maximum absolute atomic E-state index is 14.1. The molecule has 1 N–H and O–H groups in total. The van der Waals surface area contributed by atoms with Crippen LogP contribution < -0.4 is 14.8 Å². The first kappa shape index (κ1) is 19.1. The van der Waals surface area contributed by atoms with E-state index < -0.39 is 6.04 Å². The van der Waals surface area contributed by atoms with Gasteiger partial charge in [-0.3, -0.25) is 4.79 Å². The molecule has 1 aliphatic carbocycles. The quantitative estimate of drug-likeness (QED) is 0.609. The number of nitrogens with zero attached hydrogens (tertiary/aromatic N) is 1. The van der Waals surface area contributed by atoms with Gasteiger partial charge >= 0.3 is 0 Å². The molecule has 0 unspecified atom stereocenters. The number of nitrogens with one attached hydrogen (secondary N) is 1. The van der Waals surface area contributed by atoms with E-state index in [0.717, 1.165) is 16.8 Å². The number of ketones is 1. The van der Waals surface area contributed by atoms with E-state index in [9.17, 15) is 9.18 Å². The minimum Gasteiger partial charge on any atom is -0.454 e. The van der Waals surface area contributed by atoms with Gasteiger partial charge in [-0.2, -0.15) is 0 Å². The number of carbonyl (C=O) groups is 1. The highest BCUT2D eigenvalue weighted by Crippen LogP contribution is 2.45. The summed E-state index contributed by atoms with van der Waals surface area (Å²) in [7, 11) is 0. The van der Waals surface area contributed by atoms with E-state index in [1.807, 2.05) is 48.5 Å². The minimum atomic E-state index is -0.497. The van der Waals surface area contributed by atoms with Crippen LogP contribution in [0.5, 0.6) is 11.5 Å². The van der Waals surface area contributed by atoms with Crippen molar-refractivity contribution in [3.63, 3.8) is 0 Å². The van der Waals surface area contributed by atoms with E-state index in [-0.39, 0.29) is 18.4 Å². The average Bonchev–Trinajstić information content (AvgIpc) is 3.41. The maximum atomic E-state index is 14.1. The number of benzene rings is 3. The fourth-order valence-electron chi connectivity index (χ4n) is 4.18. The molecule has 5 nitrogen and oxygen atoms in total. The van der Waals surface area contributed by atoms with Crippen LogP contribution in [-0.4, -0.2) is 17.7 Å². The van der Waals surface area contributed by atoms with Crippen LogP contribution in [0.15, 0.2) is 77.3 Å². The van der Waals surface area contributed by atoms with Gasteiger partial charge in [0.05, 0.1) is 11.3 Å². The largest absolute Gasteiger partial charge is 0.454 e. The zero-order chi connectivity index (χ0) is 21.7. The second-order valence-corrected chi connectivity index (χ2v) is 8.58. The van der Waals surface area contributed by atoms with Crippen LogP contribution in [0.4, 0.5) is 4.39 Å². The number of halogens is 1. The van der Waals surface area contributed by atoms with Crippen molar-refractivity contribution in [1.29, 1.82) is 0 Å². The van der Waals surface area contributed by atoms with Gasteiger partial charge in [0.15, 0.2) is 22.4 Å². The molecule has 0 amide bonds. The van der Waals surface area contributed by atoms with Crippen molar-refractivity contribution in [3.05, 3.63) is 100 Å². The number of hydrogen-bond acceptors (Lipinski definition) is 6. The summed E-state index contributed by atoms with van der Waals surface area (Å²) in [5.41, 5.74) is 4.33. The third kappa shape index (κ3) is 3.08. The van der Waals surface area contributed by atoms with Gasteiger partial charge in [-0.15, -0.1) is 0 Å². The molecule has 0 saturated heterocycles. The summed E-state index contributed by atoms with van der Waals surface area (Å²) in [6.45, 7) is 0.177. The minimum absolute atomic E-state index is 0.0346. The normalized spacial score (nSPS) is 18.2. The van der Waals surface area contributed by atoms with E-state index in [0.29, 0.717) is 39.1 Å². The number of ether oxygens (including phenoxy) is 2. The molecule has 2 aliphatic heterocycles. The van der Waals surface area contributed by atoms with Gasteiger partial charge < -0.3 is 14.8 Å². The zero-order valence-electron chi connectivity index (χ0n) is 16.8. The summed E-state index contributed by atoms with van der Waals surface area (Å²) >= 11 is 1.41. The molecule has 3 aromatic carbocycles. The molecule has 0 aromatic heterocycles. The smallest absolute Gasteiger partial charge is 0.231 e. The molecular weight excluding hydrogens is 427 g/mol. The Bertz CT molecular complexity index is 1330. The monoisotopic (exact) mass is 444 g/mol. The predicted molar refractivity (Wildman–Crippen MR) is 121 cm³/mol. The van der Waals surface area contributed by atoms with Gasteiger partial charge in [0.25, 0.3) is 0 Å². The van der Waals surface area contributed by atoms with Gasteiger partial charge in [-0.25, -0.2) is 9.38 Å². The second kappa shape index (κ2) is 7.53. The predicted octanol–water partition coefficient (Wildman–Crippen LogP) is 5.10. The lowest BCUT2D eigenvalue weighted by molar-refractivity contribution is 0.103. The third-order valence-electron chi connectivity index (χ3n) is 5.74. The highest BCUT2D eigenvalue weighted by molar-refractivity contribution is 8.13. The van der Waals surface area contributed by atoms with Crippen molar-refractivity contribution in [2.24, 2.45) is 4.99 Å². The van der Waals surface area contributed by atoms with E-state index in [1.165, 1.54) is 17.8 Å². The number of carbonyl (C=O) groups excluding carboxylic acids is 1. The number of Topliss-reactive ketones (excluding diaryl/α,β-unsaturated/α-hetero) is 1. The van der Waals surface area contributed by atoms with Crippen LogP contribution in [0.2, 0.25) is 0 Å². The topological polar surface area (TPSA) is 59.9 Å². The third-order valence-corrected chi connectivity index (χ3v) is 6.68. The molecule has 32 heavy (non-hydrogen) atoms. The highest BCUT2D eigenvalue weighted by atomic mass is 32.2. The first-order valence-electron chi connectivity index (χ1n) is 10.2. The van der Waals surface area contributed by atoms with Crippen molar-refractivity contribution >= 4 is 28.4 Å². The van der Waals surface area contributed by atoms with E-state index in [1.54, 1.807) is 12.1 Å². The molecular formula is C25H17FN2O3S. The van der Waals surface area contributed by atoms with Crippen LogP contribution in [0.25, 0.3) is 5.70 Å². The summed E-state index contributed by atoms with van der Waals surface area (Å²) in [6, 6.07) is 19.4. The SMILES string of the molecule is O=C1C2=C(NC(SCc3ccccc3F)=N[C@H]2c2ccc3c(c2)OCO3)c2ccccc21. The highest BCUT2D eigenvalue weighted by Gasteiger charge is 2.38. The Balaban J connectivity index is 1.40. The Morgan fingerprint density at radius 2 is 1.78 bits per heavy atom. The van der Waals surface area contributed by atoms with Gasteiger partial charge in [0.2, 0.25) is 6.79 Å². The summed E-state index contributed by atoms with van der Waals surface area (Å²) in [4.78, 5) is 18.2. The number of amidine groups is 1. The van der Waals surface area contributed by atoms with Crippen molar-refractivity contribution in [2.45, 2.75) is 11.8 Å². The fraction of sp³-hybridized carbons (Fsp3) is 0.120. The van der Waals surface area contributed by atoms with E-state index >= 15 is 0 Å². The van der Waals surface area contributed by atoms with Crippen molar-refractivity contribution in [2.75, 3.05) is 6.79 Å². The molecule has 2 heterocycles. The van der Waals surface area contributed by atoms with E-state index in [2.05, 4.69) is 5.32 Å². The second-order valence-electron chi connectivity index (χ2n) is 7.62. The number of fused-ring (bicyclic) bond motifs is 3. The Kier molecular flexibility index (Phi) is 4.50. The molecule has 0 bridgehead atoms. The van der Waals surface area contributed by atoms with Gasteiger partial charge in [0.1, 0.15) is 11.9 Å². The average molecular weight is 444 g/mol. The van der Waals surface area contributed by atoms with Crippen molar-refractivity contribution in [1.82, 2.24) is 5.32 Å². The Morgan fingerprint density at radius 3 is 2.66 bits per heavy atom. The zero-order valence-corrected chi connectivity index (χ0v) is 17.6. The van der Waals surface area contributed by atoms with Crippen LogP contribution in [0, 0.1) is 5.82 Å². The molecule has 6 rings (SSSR count). The first-order chi connectivity index (χ1) is 15.7. The Labute approximate surface area is 188 Å². The fourth-order valence-corrected chi connectivity index (χ4v) is 5.06. The summed E-state index contributed by atoms with van der Waals surface area (Å²) in [5, 5.41) is 3.98. The number of hydrogen-bond donors (Lipinski definition) is 1. The summed E-state index contributed by atoms with van der Waals surface area (Å²) < 4.78 is 25.1. The van der Waals surface area contributed by atoms with Gasteiger partial charge in [0, 0.05) is 16.9 Å². The van der Waals surface area contributed by atoms with Gasteiger partial charge in [-0.05, 0) is 29.3 Å². The maximum Gasteiger partial charge on any atom is 0.231 e. The molecule has 3 aromatic rings. The lowest BCUT2D eigenvalue weighted by atomic mass is 9.95. The van der Waals surface area contributed by atoms with Gasteiger partial charge in [-0.1, -0.05) is 60.3 Å². The standard InChI is InChI=1S/C25H17FN2O3S/c26-18-8-4-1-5-15(18)12-32-25-27-22(14-9-10-19-20(11-14)31-13-30-19)21-23(28-25)16-6-2-3-7-17(16)24(21)29/h1-11,22H,12-13H2,(H,27,28)/t22-/m0/s1. The Hall–Kier alpha value is -3.58. The number of thioether (sulfide) groups is 1. The molecule has 1 atom stereocenters. The molecule has 3 aliphatic rings. The molecule has 0 fully saturated rings. The first-order valence-corrected chi connectivity index (χ1v) is 11.2. The molecule has 0 radical (unpaired) electrons. The molecule has 0 spiro atoms. The lowest BCUT2D eigenvalue weighted by Crippen LogP contribution is -2.27. The van der Waals surface area contributed by atoms with E-state index in [4.69, 9.17) is 14.5 Å². The van der Waals surface area contributed by atoms with Crippen molar-refractivity contribution in [3.8, 4) is 11.5 Å². The molecule has 158 valence electrons. The molecule has 0 saturated carbocycles. The number of rotatable bonds is 3. The van der Waals surface area contributed by atoms with Crippen LogP contribution in [-0.2, 0) is 5.75 Å². The Morgan fingerprint density at radius 1 is 1.00 bits per heavy atom. The summed E-state index contributed by atoms with van der Waals surface area (Å²) in [6.07, 6.45) is 0. The molecule has 7 heteroatoms. The van der Waals surface area contributed by atoms with Crippen LogP contribution >= 0.6 is 11.8 Å². The number of aliphatic imine (C=N–C) groups is 1. The van der Waals surface area contributed by atoms with Crippen molar-refractivity contribution < 1.29 is 18.7 Å². The van der Waals surface area contributed by atoms with Crippen LogP contribution in [0.3, 0.4) is 0 Å². The lowest BCUT2D eigenvalue weighted by Gasteiger charge is -2.24. The summed E-state index contributed by atoms with van der Waals surface area (Å²) in [5.74, 6) is 1.46. The van der Waals surface area contributed by atoms with Crippen LogP contribution in [0.1, 0.15) is 33.1 Å².